The van der Waals surface area contributed by atoms with Crippen molar-refractivity contribution in [3.8, 4) is 12.3 Å². The summed E-state index contributed by atoms with van der Waals surface area (Å²) < 4.78 is 0. The van der Waals surface area contributed by atoms with Gasteiger partial charge in [0.15, 0.2) is 0 Å². The molecule has 0 aliphatic rings. The van der Waals surface area contributed by atoms with Crippen LogP contribution in [0.25, 0.3) is 0 Å². The lowest BCUT2D eigenvalue weighted by Crippen LogP contribution is -2.05. The highest BCUT2D eigenvalue weighted by Gasteiger charge is 1.89. The van der Waals surface area contributed by atoms with Crippen LogP contribution in [0.1, 0.15) is 11.3 Å². The molecule has 0 amide bonds. The number of terminal acetylenes is 1. The van der Waals surface area contributed by atoms with Gasteiger partial charge in [-0.3, -0.25) is 4.79 Å². The second-order valence-electron chi connectivity index (χ2n) is 2.06. The molecular weight excluding hydrogens is 126 g/mol. The van der Waals surface area contributed by atoms with Crippen LogP contribution >= 0.6 is 0 Å². The van der Waals surface area contributed by atoms with Crippen molar-refractivity contribution >= 4 is 0 Å². The molecule has 1 rings (SSSR count). The monoisotopic (exact) mass is 133 g/mol. The first-order chi connectivity index (χ1) is 4.72. The first kappa shape index (κ1) is 6.63. The lowest BCUT2D eigenvalue weighted by atomic mass is 10.2. The van der Waals surface area contributed by atoms with E-state index in [-0.39, 0.29) is 5.56 Å². The van der Waals surface area contributed by atoms with Crippen molar-refractivity contribution in [1.82, 2.24) is 4.98 Å². The number of aryl methyl sites for hydroxylation is 1. The van der Waals surface area contributed by atoms with Gasteiger partial charge in [-0.2, -0.15) is 0 Å². The fourth-order valence-corrected chi connectivity index (χ4v) is 0.766. The van der Waals surface area contributed by atoms with Crippen LogP contribution in [0.2, 0.25) is 0 Å². The summed E-state index contributed by atoms with van der Waals surface area (Å²) in [5.41, 5.74) is 1.27. The van der Waals surface area contributed by atoms with E-state index in [4.69, 9.17) is 6.42 Å². The first-order valence-electron chi connectivity index (χ1n) is 2.90. The van der Waals surface area contributed by atoms with Crippen LogP contribution in [-0.4, -0.2) is 4.98 Å². The van der Waals surface area contributed by atoms with Crippen LogP contribution in [0.5, 0.6) is 0 Å². The summed E-state index contributed by atoms with van der Waals surface area (Å²) in [6, 6.07) is 3.15. The summed E-state index contributed by atoms with van der Waals surface area (Å²) in [5, 5.41) is 0. The zero-order chi connectivity index (χ0) is 7.56. The van der Waals surface area contributed by atoms with Gasteiger partial charge in [-0.15, -0.1) is 6.42 Å². The lowest BCUT2D eigenvalue weighted by Gasteiger charge is -1.91. The maximum atomic E-state index is 10.7. The standard InChI is InChI=1S/C8H7NO/c1-3-7-4-6(2)9-8(10)5-7/h1,4-5H,2H3,(H,9,10). The Bertz CT molecular complexity index is 330. The van der Waals surface area contributed by atoms with Crippen LogP contribution in [-0.2, 0) is 0 Å². The van der Waals surface area contributed by atoms with Crippen molar-refractivity contribution in [2.45, 2.75) is 6.92 Å². The molecule has 2 heteroatoms. The molecule has 0 atom stereocenters. The molecule has 0 aliphatic carbocycles. The van der Waals surface area contributed by atoms with Gasteiger partial charge in [0, 0.05) is 17.3 Å². The summed E-state index contributed by atoms with van der Waals surface area (Å²) >= 11 is 0. The van der Waals surface area contributed by atoms with Crippen molar-refractivity contribution in [3.05, 3.63) is 33.7 Å². The molecule has 0 saturated heterocycles. The quantitative estimate of drug-likeness (QED) is 0.518. The largest absolute Gasteiger partial charge is 0.326 e. The molecule has 0 bridgehead atoms. The average molecular weight is 133 g/mol. The Kier molecular flexibility index (Phi) is 1.59. The molecule has 2 nitrogen and oxygen atoms in total. The molecule has 10 heavy (non-hydrogen) atoms. The number of hydrogen-bond donors (Lipinski definition) is 1. The zero-order valence-electron chi connectivity index (χ0n) is 5.64. The Labute approximate surface area is 58.9 Å². The average Bonchev–Trinajstić information content (AvgIpc) is 1.85. The molecule has 1 aromatic heterocycles. The van der Waals surface area contributed by atoms with Crippen molar-refractivity contribution < 1.29 is 0 Å². The number of aromatic amines is 1. The Balaban J connectivity index is 3.36. The second-order valence-corrected chi connectivity index (χ2v) is 2.06. The van der Waals surface area contributed by atoms with Gasteiger partial charge < -0.3 is 4.98 Å². The molecule has 0 aliphatic heterocycles. The second kappa shape index (κ2) is 2.40. The van der Waals surface area contributed by atoms with E-state index in [1.165, 1.54) is 6.07 Å². The molecule has 1 aromatic rings. The summed E-state index contributed by atoms with van der Waals surface area (Å²) in [6.45, 7) is 1.79. The third-order valence-corrected chi connectivity index (χ3v) is 1.15. The van der Waals surface area contributed by atoms with Gasteiger partial charge in [-0.1, -0.05) is 5.92 Å². The fourth-order valence-electron chi connectivity index (χ4n) is 0.766. The molecule has 0 fully saturated rings. The van der Waals surface area contributed by atoms with Gasteiger partial charge in [0.05, 0.1) is 0 Å². The Morgan fingerprint density at radius 1 is 1.60 bits per heavy atom. The number of rotatable bonds is 0. The van der Waals surface area contributed by atoms with Crippen LogP contribution in [0, 0.1) is 19.3 Å². The normalized spacial score (nSPS) is 8.80. The van der Waals surface area contributed by atoms with Crippen molar-refractivity contribution in [2.75, 3.05) is 0 Å². The summed E-state index contributed by atoms with van der Waals surface area (Å²) in [7, 11) is 0. The summed E-state index contributed by atoms with van der Waals surface area (Å²) in [6.07, 6.45) is 5.08. The minimum Gasteiger partial charge on any atom is -0.326 e. The maximum absolute atomic E-state index is 10.7. The van der Waals surface area contributed by atoms with Gasteiger partial charge in [0.25, 0.3) is 0 Å². The van der Waals surface area contributed by atoms with E-state index in [1.807, 2.05) is 0 Å². The molecule has 50 valence electrons. The lowest BCUT2D eigenvalue weighted by molar-refractivity contribution is 1.14. The minimum atomic E-state index is -0.145. The van der Waals surface area contributed by atoms with Gasteiger partial charge in [-0.25, -0.2) is 0 Å². The van der Waals surface area contributed by atoms with Crippen molar-refractivity contribution in [1.29, 1.82) is 0 Å². The van der Waals surface area contributed by atoms with Crippen LogP contribution in [0.15, 0.2) is 16.9 Å². The fraction of sp³-hybridized carbons (Fsp3) is 0.125. The molecule has 0 spiro atoms. The van der Waals surface area contributed by atoms with E-state index in [1.54, 1.807) is 13.0 Å². The molecule has 0 radical (unpaired) electrons. The van der Waals surface area contributed by atoms with Crippen LogP contribution in [0.3, 0.4) is 0 Å². The molecule has 1 heterocycles. The van der Waals surface area contributed by atoms with Crippen molar-refractivity contribution in [3.63, 3.8) is 0 Å². The third-order valence-electron chi connectivity index (χ3n) is 1.15. The molecule has 0 unspecified atom stereocenters. The SMILES string of the molecule is C#Cc1cc(C)[nH]c(=O)c1. The van der Waals surface area contributed by atoms with Gasteiger partial charge >= 0.3 is 0 Å². The van der Waals surface area contributed by atoms with E-state index in [2.05, 4.69) is 10.9 Å². The number of H-pyrrole nitrogens is 1. The molecular formula is C8H7NO. The molecule has 0 aromatic carbocycles. The zero-order valence-corrected chi connectivity index (χ0v) is 5.64. The Morgan fingerprint density at radius 3 is 2.80 bits per heavy atom. The van der Waals surface area contributed by atoms with E-state index in [9.17, 15) is 4.79 Å². The van der Waals surface area contributed by atoms with Crippen LogP contribution < -0.4 is 5.56 Å². The number of aromatic nitrogens is 1. The highest BCUT2D eigenvalue weighted by molar-refractivity contribution is 5.31. The van der Waals surface area contributed by atoms with Gasteiger partial charge in [0.2, 0.25) is 5.56 Å². The maximum Gasteiger partial charge on any atom is 0.249 e. The van der Waals surface area contributed by atoms with Gasteiger partial charge in [-0.05, 0) is 13.0 Å². The predicted molar refractivity (Wildman–Crippen MR) is 39.7 cm³/mol. The van der Waals surface area contributed by atoms with E-state index >= 15 is 0 Å². The summed E-state index contributed by atoms with van der Waals surface area (Å²) in [5.74, 6) is 2.39. The van der Waals surface area contributed by atoms with Crippen LogP contribution in [0.4, 0.5) is 0 Å². The molecule has 0 saturated carbocycles. The van der Waals surface area contributed by atoms with E-state index in [0.717, 1.165) is 5.69 Å². The highest BCUT2D eigenvalue weighted by Crippen LogP contribution is 1.93. The van der Waals surface area contributed by atoms with Gasteiger partial charge in [0.1, 0.15) is 0 Å². The first-order valence-corrected chi connectivity index (χ1v) is 2.90. The molecule has 1 N–H and O–H groups in total. The van der Waals surface area contributed by atoms with E-state index in [0.29, 0.717) is 5.56 Å². The third kappa shape index (κ3) is 1.26. The predicted octanol–water partition coefficient (Wildman–Crippen LogP) is 0.665. The smallest absolute Gasteiger partial charge is 0.249 e. The van der Waals surface area contributed by atoms with Crippen molar-refractivity contribution in [2.24, 2.45) is 0 Å². The number of pyridine rings is 1. The number of hydrogen-bond acceptors (Lipinski definition) is 1. The topological polar surface area (TPSA) is 32.9 Å². The Hall–Kier alpha value is -1.49. The minimum absolute atomic E-state index is 0.145. The van der Waals surface area contributed by atoms with E-state index < -0.39 is 0 Å². The Morgan fingerprint density at radius 2 is 2.30 bits per heavy atom. The number of nitrogens with one attached hydrogen (secondary N) is 1. The summed E-state index contributed by atoms with van der Waals surface area (Å²) in [4.78, 5) is 13.3. The highest BCUT2D eigenvalue weighted by atomic mass is 16.1.